The Morgan fingerprint density at radius 3 is 2.60 bits per heavy atom. The van der Waals surface area contributed by atoms with Crippen molar-refractivity contribution in [1.82, 2.24) is 19.7 Å². The number of nitrogens with one attached hydrogen (secondary N) is 1. The maximum absolute atomic E-state index is 12.0. The van der Waals surface area contributed by atoms with Crippen LogP contribution in [0.2, 0.25) is 0 Å². The van der Waals surface area contributed by atoms with Gasteiger partial charge in [-0.1, -0.05) is 6.07 Å². The number of nitrogens with zero attached hydrogens (tertiary/aromatic N) is 3. The van der Waals surface area contributed by atoms with Crippen LogP contribution in [-0.2, 0) is 0 Å². The lowest BCUT2D eigenvalue weighted by Gasteiger charge is -2.01. The van der Waals surface area contributed by atoms with E-state index in [0.717, 1.165) is 5.75 Å². The molecule has 0 aliphatic heterocycles. The van der Waals surface area contributed by atoms with Crippen molar-refractivity contribution in [2.75, 3.05) is 7.11 Å². The number of benzene rings is 1. The Morgan fingerprint density at radius 2 is 1.95 bits per heavy atom. The summed E-state index contributed by atoms with van der Waals surface area (Å²) in [5, 5.41) is 4.25. The van der Waals surface area contributed by atoms with Crippen LogP contribution in [0, 0.1) is 0 Å². The standard InChI is InChI=1S/C14H12N4O2/c1-20-11-7-5-10(6-8-11)18-14(19)16-13(17-18)12-4-2-3-9-15-12/h2-9H,1H3,(H,16,17,19). The van der Waals surface area contributed by atoms with Crippen molar-refractivity contribution >= 4 is 0 Å². The summed E-state index contributed by atoms with van der Waals surface area (Å²) < 4.78 is 6.38. The Balaban J connectivity index is 2.02. The smallest absolute Gasteiger partial charge is 0.348 e. The molecule has 0 amide bonds. The van der Waals surface area contributed by atoms with Gasteiger partial charge in [0.1, 0.15) is 11.4 Å². The summed E-state index contributed by atoms with van der Waals surface area (Å²) in [5.41, 5.74) is 0.974. The lowest BCUT2D eigenvalue weighted by Crippen LogP contribution is -2.15. The highest BCUT2D eigenvalue weighted by Crippen LogP contribution is 2.14. The van der Waals surface area contributed by atoms with Crippen molar-refractivity contribution in [2.45, 2.75) is 0 Å². The average molecular weight is 268 g/mol. The van der Waals surface area contributed by atoms with Crippen LogP contribution in [0.5, 0.6) is 5.75 Å². The van der Waals surface area contributed by atoms with E-state index in [2.05, 4.69) is 15.1 Å². The van der Waals surface area contributed by atoms with Gasteiger partial charge in [0, 0.05) is 6.20 Å². The highest BCUT2D eigenvalue weighted by atomic mass is 16.5. The molecule has 0 saturated heterocycles. The molecule has 0 atom stereocenters. The van der Waals surface area contributed by atoms with Crippen LogP contribution in [0.4, 0.5) is 0 Å². The second-order valence-electron chi connectivity index (χ2n) is 4.10. The van der Waals surface area contributed by atoms with Gasteiger partial charge >= 0.3 is 5.69 Å². The van der Waals surface area contributed by atoms with Crippen LogP contribution in [0.25, 0.3) is 17.2 Å². The molecule has 0 unspecified atom stereocenters. The lowest BCUT2D eigenvalue weighted by molar-refractivity contribution is 0.414. The molecule has 0 spiro atoms. The second-order valence-corrected chi connectivity index (χ2v) is 4.10. The normalized spacial score (nSPS) is 10.4. The van der Waals surface area contributed by atoms with Gasteiger partial charge in [-0.3, -0.25) is 9.97 Å². The number of pyridine rings is 1. The summed E-state index contributed by atoms with van der Waals surface area (Å²) in [4.78, 5) is 18.8. The van der Waals surface area contributed by atoms with Crippen LogP contribution >= 0.6 is 0 Å². The van der Waals surface area contributed by atoms with Gasteiger partial charge in [0.05, 0.1) is 12.8 Å². The molecule has 0 saturated carbocycles. The van der Waals surface area contributed by atoms with E-state index in [0.29, 0.717) is 17.2 Å². The maximum Gasteiger partial charge on any atom is 0.348 e. The van der Waals surface area contributed by atoms with Crippen LogP contribution < -0.4 is 10.4 Å². The molecular weight excluding hydrogens is 256 g/mol. The fourth-order valence-electron chi connectivity index (χ4n) is 1.84. The van der Waals surface area contributed by atoms with Crippen LogP contribution in [0.3, 0.4) is 0 Å². The van der Waals surface area contributed by atoms with E-state index in [-0.39, 0.29) is 5.69 Å². The van der Waals surface area contributed by atoms with E-state index in [9.17, 15) is 4.79 Å². The van der Waals surface area contributed by atoms with Gasteiger partial charge < -0.3 is 4.74 Å². The monoisotopic (exact) mass is 268 g/mol. The minimum absolute atomic E-state index is 0.309. The summed E-state index contributed by atoms with van der Waals surface area (Å²) in [6.07, 6.45) is 1.65. The first kappa shape index (κ1) is 12.2. The number of hydrogen-bond donors (Lipinski definition) is 1. The zero-order valence-corrected chi connectivity index (χ0v) is 10.8. The molecule has 0 aliphatic carbocycles. The second kappa shape index (κ2) is 5.00. The van der Waals surface area contributed by atoms with Crippen LogP contribution in [0.15, 0.2) is 53.5 Å². The highest BCUT2D eigenvalue weighted by molar-refractivity contribution is 5.48. The summed E-state index contributed by atoms with van der Waals surface area (Å²) in [6.45, 7) is 0. The van der Waals surface area contributed by atoms with Crippen molar-refractivity contribution < 1.29 is 4.74 Å². The maximum atomic E-state index is 12.0. The first-order valence-electron chi connectivity index (χ1n) is 6.03. The number of aromatic amines is 1. The molecule has 3 aromatic rings. The van der Waals surface area contributed by atoms with Crippen LogP contribution in [0.1, 0.15) is 0 Å². The number of H-pyrrole nitrogens is 1. The molecule has 20 heavy (non-hydrogen) atoms. The molecule has 1 aromatic carbocycles. The number of ether oxygens (including phenoxy) is 1. The van der Waals surface area contributed by atoms with E-state index < -0.39 is 0 Å². The van der Waals surface area contributed by atoms with Gasteiger partial charge in [0.25, 0.3) is 0 Å². The van der Waals surface area contributed by atoms with Crippen molar-refractivity contribution in [3.8, 4) is 23.0 Å². The van der Waals surface area contributed by atoms with Crippen molar-refractivity contribution in [3.63, 3.8) is 0 Å². The van der Waals surface area contributed by atoms with Gasteiger partial charge in [-0.25, -0.2) is 4.79 Å². The first-order chi connectivity index (χ1) is 9.78. The van der Waals surface area contributed by atoms with Gasteiger partial charge in [-0.05, 0) is 36.4 Å². The Labute approximate surface area is 114 Å². The van der Waals surface area contributed by atoms with E-state index in [1.54, 1.807) is 43.6 Å². The van der Waals surface area contributed by atoms with Gasteiger partial charge in [0.15, 0.2) is 5.82 Å². The van der Waals surface area contributed by atoms with E-state index in [4.69, 9.17) is 4.74 Å². The Bertz CT molecular complexity index is 760. The lowest BCUT2D eigenvalue weighted by atomic mass is 10.3. The quantitative estimate of drug-likeness (QED) is 0.783. The Morgan fingerprint density at radius 1 is 1.15 bits per heavy atom. The molecule has 2 aromatic heterocycles. The van der Waals surface area contributed by atoms with Crippen molar-refractivity contribution in [3.05, 3.63) is 59.1 Å². The van der Waals surface area contributed by atoms with E-state index in [1.807, 2.05) is 12.1 Å². The molecule has 2 heterocycles. The topological polar surface area (TPSA) is 72.8 Å². The first-order valence-corrected chi connectivity index (χ1v) is 6.03. The van der Waals surface area contributed by atoms with Crippen molar-refractivity contribution in [1.29, 1.82) is 0 Å². The number of methoxy groups -OCH3 is 1. The third kappa shape index (κ3) is 2.18. The fourth-order valence-corrected chi connectivity index (χ4v) is 1.84. The molecule has 6 nitrogen and oxygen atoms in total. The number of rotatable bonds is 3. The molecule has 100 valence electrons. The number of aromatic nitrogens is 4. The molecule has 3 rings (SSSR count). The minimum atomic E-state index is -0.309. The van der Waals surface area contributed by atoms with Gasteiger partial charge in [-0.15, -0.1) is 5.10 Å². The zero-order valence-electron chi connectivity index (χ0n) is 10.8. The third-order valence-corrected chi connectivity index (χ3v) is 2.84. The average Bonchev–Trinajstić information content (AvgIpc) is 2.90. The Kier molecular flexibility index (Phi) is 3.04. The minimum Gasteiger partial charge on any atom is -0.497 e. The highest BCUT2D eigenvalue weighted by Gasteiger charge is 2.09. The van der Waals surface area contributed by atoms with Crippen LogP contribution in [-0.4, -0.2) is 26.9 Å². The van der Waals surface area contributed by atoms with E-state index in [1.165, 1.54) is 4.68 Å². The molecule has 0 radical (unpaired) electrons. The zero-order chi connectivity index (χ0) is 13.9. The molecule has 0 bridgehead atoms. The summed E-state index contributed by atoms with van der Waals surface area (Å²) in [7, 11) is 1.59. The van der Waals surface area contributed by atoms with Gasteiger partial charge in [0.2, 0.25) is 0 Å². The summed E-state index contributed by atoms with van der Waals surface area (Å²) >= 11 is 0. The SMILES string of the molecule is COc1ccc(-n2nc(-c3ccccn3)[nH]c2=O)cc1. The Hall–Kier alpha value is -2.89. The predicted octanol–water partition coefficient (Wildman–Crippen LogP) is 1.63. The van der Waals surface area contributed by atoms with E-state index >= 15 is 0 Å². The predicted molar refractivity (Wildman–Crippen MR) is 74.0 cm³/mol. The molecule has 0 aliphatic rings. The molecule has 1 N–H and O–H groups in total. The largest absolute Gasteiger partial charge is 0.497 e. The van der Waals surface area contributed by atoms with Gasteiger partial charge in [-0.2, -0.15) is 4.68 Å². The number of hydrogen-bond acceptors (Lipinski definition) is 4. The fraction of sp³-hybridized carbons (Fsp3) is 0.0714. The third-order valence-electron chi connectivity index (χ3n) is 2.84. The van der Waals surface area contributed by atoms with Crippen molar-refractivity contribution in [2.24, 2.45) is 0 Å². The summed E-state index contributed by atoms with van der Waals surface area (Å²) in [5.74, 6) is 1.16. The molecule has 6 heteroatoms. The molecule has 0 fully saturated rings. The molecular formula is C14H12N4O2. The summed E-state index contributed by atoms with van der Waals surface area (Å²) in [6, 6.07) is 12.5.